The Balaban J connectivity index is 1.76. The molecule has 1 N–H and O–H groups in total. The number of carboxylic acids is 1. The maximum atomic E-state index is 11.9. The van der Waals surface area contributed by atoms with Gasteiger partial charge in [-0.3, -0.25) is 9.59 Å². The summed E-state index contributed by atoms with van der Waals surface area (Å²) in [6.07, 6.45) is 1.63. The van der Waals surface area contributed by atoms with Crippen molar-refractivity contribution in [3.8, 4) is 0 Å². The van der Waals surface area contributed by atoms with Crippen LogP contribution in [0.5, 0.6) is 0 Å². The number of hydrogen-bond donors (Lipinski definition) is 1. The number of nitrogens with zero attached hydrogens (tertiary/aromatic N) is 4. The average Bonchev–Trinajstić information content (AvgIpc) is 2.48. The Hall–Kier alpha value is -1.83. The zero-order valence-corrected chi connectivity index (χ0v) is 11.8. The quantitative estimate of drug-likeness (QED) is 0.814. The van der Waals surface area contributed by atoms with Gasteiger partial charge in [-0.15, -0.1) is 16.9 Å². The van der Waals surface area contributed by atoms with Gasteiger partial charge in [0.25, 0.3) is 0 Å². The minimum atomic E-state index is -0.893. The van der Waals surface area contributed by atoms with Gasteiger partial charge in [0.1, 0.15) is 0 Å². The minimum absolute atomic E-state index is 0.00459. The molecule has 0 spiro atoms. The maximum absolute atomic E-state index is 11.9. The monoisotopic (exact) mass is 296 g/mol. The van der Waals surface area contributed by atoms with E-state index < -0.39 is 5.97 Å². The van der Waals surface area contributed by atoms with Crippen LogP contribution in [-0.2, 0) is 9.59 Å². The Morgan fingerprint density at radius 2 is 2.00 bits per heavy atom. The van der Waals surface area contributed by atoms with Crippen molar-refractivity contribution < 1.29 is 14.7 Å². The second-order valence-corrected chi connectivity index (χ2v) is 5.32. The van der Waals surface area contributed by atoms with Crippen molar-refractivity contribution in [1.29, 1.82) is 0 Å². The number of carbonyl (C=O) groups excluding carboxylic acids is 1. The topological polar surface area (TPSA) is 86.6 Å². The van der Waals surface area contributed by atoms with Crippen LogP contribution in [0.2, 0.25) is 0 Å². The van der Waals surface area contributed by atoms with Crippen LogP contribution in [0.4, 0.5) is 5.82 Å². The minimum Gasteiger partial charge on any atom is -0.481 e. The first-order valence-corrected chi connectivity index (χ1v) is 7.42. The molecule has 1 aliphatic heterocycles. The van der Waals surface area contributed by atoms with E-state index >= 15 is 0 Å². The van der Waals surface area contributed by atoms with Gasteiger partial charge in [0.2, 0.25) is 5.91 Å². The largest absolute Gasteiger partial charge is 0.481 e. The number of rotatable bonds is 5. The molecule has 20 heavy (non-hydrogen) atoms. The van der Waals surface area contributed by atoms with E-state index in [1.165, 1.54) is 0 Å². The number of carboxylic acid groups (broad SMARTS) is 1. The summed E-state index contributed by atoms with van der Waals surface area (Å²) in [5, 5.41) is 16.4. The number of thioether (sulfide) groups is 1. The van der Waals surface area contributed by atoms with Crippen molar-refractivity contribution in [2.24, 2.45) is 0 Å². The number of anilines is 1. The number of aromatic nitrogens is 2. The fourth-order valence-corrected chi connectivity index (χ4v) is 2.60. The highest BCUT2D eigenvalue weighted by Gasteiger charge is 2.21. The van der Waals surface area contributed by atoms with E-state index in [0.717, 1.165) is 17.6 Å². The molecule has 0 bridgehead atoms. The van der Waals surface area contributed by atoms with Crippen molar-refractivity contribution in [2.45, 2.75) is 0 Å². The van der Waals surface area contributed by atoms with Crippen molar-refractivity contribution in [3.05, 3.63) is 18.3 Å². The Labute approximate surface area is 121 Å². The zero-order chi connectivity index (χ0) is 14.4. The summed E-state index contributed by atoms with van der Waals surface area (Å²) in [4.78, 5) is 26.1. The van der Waals surface area contributed by atoms with Gasteiger partial charge >= 0.3 is 5.97 Å². The third-order valence-electron chi connectivity index (χ3n) is 2.97. The molecule has 2 rings (SSSR count). The van der Waals surface area contributed by atoms with E-state index in [-0.39, 0.29) is 17.4 Å². The summed E-state index contributed by atoms with van der Waals surface area (Å²) in [5.41, 5.74) is 0. The molecule has 0 aromatic carbocycles. The van der Waals surface area contributed by atoms with Gasteiger partial charge in [-0.05, 0) is 12.1 Å². The lowest BCUT2D eigenvalue weighted by Gasteiger charge is -2.35. The lowest BCUT2D eigenvalue weighted by Crippen LogP contribution is -2.49. The van der Waals surface area contributed by atoms with Crippen LogP contribution in [0, 0.1) is 0 Å². The molecule has 0 saturated carbocycles. The fraction of sp³-hybridized carbons (Fsp3) is 0.500. The van der Waals surface area contributed by atoms with Crippen LogP contribution < -0.4 is 4.90 Å². The van der Waals surface area contributed by atoms with Crippen LogP contribution >= 0.6 is 11.8 Å². The molecule has 0 unspecified atom stereocenters. The summed E-state index contributed by atoms with van der Waals surface area (Å²) in [5.74, 6) is 0.105. The molecule has 2 heterocycles. The molecule has 108 valence electrons. The highest BCUT2D eigenvalue weighted by atomic mass is 32.2. The predicted molar refractivity (Wildman–Crippen MR) is 75.8 cm³/mol. The maximum Gasteiger partial charge on any atom is 0.313 e. The van der Waals surface area contributed by atoms with Crippen molar-refractivity contribution in [3.63, 3.8) is 0 Å². The lowest BCUT2D eigenvalue weighted by atomic mass is 10.3. The first kappa shape index (κ1) is 14.6. The molecule has 0 atom stereocenters. The number of amides is 1. The fourth-order valence-electron chi connectivity index (χ4n) is 1.96. The summed E-state index contributed by atoms with van der Waals surface area (Å²) in [7, 11) is 0. The number of aliphatic carboxylic acids is 1. The third-order valence-corrected chi connectivity index (χ3v) is 3.87. The number of carbonyl (C=O) groups is 2. The van der Waals surface area contributed by atoms with Gasteiger partial charge < -0.3 is 14.9 Å². The van der Waals surface area contributed by atoms with Gasteiger partial charge in [-0.25, -0.2) is 0 Å². The first-order valence-electron chi connectivity index (χ1n) is 6.27. The van der Waals surface area contributed by atoms with Crippen LogP contribution in [0.25, 0.3) is 0 Å². The van der Waals surface area contributed by atoms with Gasteiger partial charge in [-0.2, -0.15) is 5.10 Å². The Morgan fingerprint density at radius 3 is 2.60 bits per heavy atom. The summed E-state index contributed by atoms with van der Waals surface area (Å²) in [6, 6.07) is 3.73. The molecular weight excluding hydrogens is 280 g/mol. The van der Waals surface area contributed by atoms with E-state index in [1.807, 2.05) is 12.1 Å². The summed E-state index contributed by atoms with van der Waals surface area (Å²) in [6.45, 7) is 2.69. The second-order valence-electron chi connectivity index (χ2n) is 4.34. The van der Waals surface area contributed by atoms with E-state index in [0.29, 0.717) is 26.2 Å². The van der Waals surface area contributed by atoms with E-state index in [1.54, 1.807) is 11.1 Å². The Kier molecular flexibility index (Phi) is 5.16. The summed E-state index contributed by atoms with van der Waals surface area (Å²) < 4.78 is 0. The molecule has 8 heteroatoms. The van der Waals surface area contributed by atoms with Gasteiger partial charge in [-0.1, -0.05) is 0 Å². The smallest absolute Gasteiger partial charge is 0.313 e. The Morgan fingerprint density at radius 1 is 1.25 bits per heavy atom. The van der Waals surface area contributed by atoms with Gasteiger partial charge in [0.15, 0.2) is 5.82 Å². The predicted octanol–water partition coefficient (Wildman–Crippen LogP) is -0.0570. The van der Waals surface area contributed by atoms with E-state index in [9.17, 15) is 9.59 Å². The molecule has 1 aliphatic rings. The van der Waals surface area contributed by atoms with E-state index in [4.69, 9.17) is 5.11 Å². The Bertz CT molecular complexity index is 463. The molecule has 1 aromatic rings. The van der Waals surface area contributed by atoms with Gasteiger partial charge in [0.05, 0.1) is 11.5 Å². The first-order chi connectivity index (χ1) is 9.66. The van der Waals surface area contributed by atoms with Crippen LogP contribution in [0.1, 0.15) is 0 Å². The normalized spacial score (nSPS) is 15.2. The van der Waals surface area contributed by atoms with Crippen LogP contribution in [-0.4, -0.2) is 69.8 Å². The van der Waals surface area contributed by atoms with Crippen molar-refractivity contribution >= 4 is 29.5 Å². The molecule has 7 nitrogen and oxygen atoms in total. The number of piperazine rings is 1. The standard InChI is InChI=1S/C12H16N4O3S/c17-11(8-20-9-12(18)19)16-6-4-15(5-7-16)10-2-1-3-13-14-10/h1-3H,4-9H2,(H,18,19). The lowest BCUT2D eigenvalue weighted by molar-refractivity contribution is -0.133. The van der Waals surface area contributed by atoms with Gasteiger partial charge in [0, 0.05) is 32.4 Å². The SMILES string of the molecule is O=C(O)CSCC(=O)N1CCN(c2cccnn2)CC1. The summed E-state index contributed by atoms with van der Waals surface area (Å²) >= 11 is 1.13. The molecule has 0 radical (unpaired) electrons. The third kappa shape index (κ3) is 4.09. The molecular formula is C12H16N4O3S. The van der Waals surface area contributed by atoms with Crippen molar-refractivity contribution in [1.82, 2.24) is 15.1 Å². The molecule has 0 aliphatic carbocycles. The molecule has 1 fully saturated rings. The molecule has 1 saturated heterocycles. The second kappa shape index (κ2) is 7.09. The average molecular weight is 296 g/mol. The zero-order valence-electron chi connectivity index (χ0n) is 10.9. The van der Waals surface area contributed by atoms with Crippen LogP contribution in [0.15, 0.2) is 18.3 Å². The molecule has 1 amide bonds. The highest BCUT2D eigenvalue weighted by molar-refractivity contribution is 8.00. The highest BCUT2D eigenvalue weighted by Crippen LogP contribution is 2.12. The molecule has 1 aromatic heterocycles. The number of hydrogen-bond acceptors (Lipinski definition) is 6. The van der Waals surface area contributed by atoms with Crippen molar-refractivity contribution in [2.75, 3.05) is 42.6 Å². The van der Waals surface area contributed by atoms with Crippen LogP contribution in [0.3, 0.4) is 0 Å². The van der Waals surface area contributed by atoms with E-state index in [2.05, 4.69) is 15.1 Å².